The molecule has 0 radical (unpaired) electrons. The summed E-state index contributed by atoms with van der Waals surface area (Å²) >= 11 is 11.9. The number of H-pyrrole nitrogens is 1. The maximum absolute atomic E-state index is 12.7. The Hall–Kier alpha value is -2.50. The van der Waals surface area contributed by atoms with Crippen LogP contribution in [0, 0.1) is 0 Å². The standard InChI is InChI=1S/C18H14Cl2N2O3/c1-22(12-5-2-10(19)3-6-12)16(23)9-14-13-8-11(20)4-7-15(13)21-17(14)18(24)25/h2-8,21H,9H2,1H3,(H,24,25). The number of amides is 1. The maximum Gasteiger partial charge on any atom is 0.352 e. The molecule has 1 heterocycles. The number of aromatic nitrogens is 1. The van der Waals surface area contributed by atoms with Gasteiger partial charge in [0, 0.05) is 39.2 Å². The van der Waals surface area contributed by atoms with Crippen molar-refractivity contribution < 1.29 is 14.7 Å². The number of carbonyl (C=O) groups is 2. The number of fused-ring (bicyclic) bond motifs is 1. The van der Waals surface area contributed by atoms with E-state index in [1.54, 1.807) is 49.5 Å². The van der Waals surface area contributed by atoms with Gasteiger partial charge < -0.3 is 15.0 Å². The highest BCUT2D eigenvalue weighted by molar-refractivity contribution is 6.31. The normalized spacial score (nSPS) is 10.8. The zero-order valence-corrected chi connectivity index (χ0v) is 14.7. The van der Waals surface area contributed by atoms with Crippen molar-refractivity contribution in [3.05, 3.63) is 63.8 Å². The van der Waals surface area contributed by atoms with Crippen molar-refractivity contribution in [1.29, 1.82) is 0 Å². The summed E-state index contributed by atoms with van der Waals surface area (Å²) in [7, 11) is 1.63. The summed E-state index contributed by atoms with van der Waals surface area (Å²) in [6, 6.07) is 11.8. The highest BCUT2D eigenvalue weighted by Gasteiger charge is 2.21. The lowest BCUT2D eigenvalue weighted by Gasteiger charge is -2.17. The van der Waals surface area contributed by atoms with E-state index in [9.17, 15) is 14.7 Å². The number of benzene rings is 2. The number of hydrogen-bond donors (Lipinski definition) is 2. The smallest absolute Gasteiger partial charge is 0.352 e. The van der Waals surface area contributed by atoms with Crippen molar-refractivity contribution in [3.8, 4) is 0 Å². The van der Waals surface area contributed by atoms with E-state index in [0.717, 1.165) is 0 Å². The van der Waals surface area contributed by atoms with Crippen molar-refractivity contribution in [2.45, 2.75) is 6.42 Å². The molecule has 25 heavy (non-hydrogen) atoms. The number of nitrogens with one attached hydrogen (secondary N) is 1. The van der Waals surface area contributed by atoms with Crippen LogP contribution in [-0.4, -0.2) is 29.0 Å². The second kappa shape index (κ2) is 6.78. The molecule has 0 spiro atoms. The summed E-state index contributed by atoms with van der Waals surface area (Å²) in [5.41, 5.74) is 1.70. The van der Waals surface area contributed by atoms with Gasteiger partial charge >= 0.3 is 5.97 Å². The van der Waals surface area contributed by atoms with E-state index in [0.29, 0.717) is 32.2 Å². The molecule has 0 aliphatic heterocycles. The number of halogens is 2. The Bertz CT molecular complexity index is 964. The first-order valence-electron chi connectivity index (χ1n) is 7.42. The minimum Gasteiger partial charge on any atom is -0.477 e. The third-order valence-electron chi connectivity index (χ3n) is 4.00. The first kappa shape index (κ1) is 17.3. The summed E-state index contributed by atoms with van der Waals surface area (Å²) < 4.78 is 0. The lowest BCUT2D eigenvalue weighted by molar-refractivity contribution is -0.117. The van der Waals surface area contributed by atoms with Crippen LogP contribution in [0.2, 0.25) is 10.0 Å². The molecule has 3 rings (SSSR count). The van der Waals surface area contributed by atoms with Crippen molar-refractivity contribution in [1.82, 2.24) is 4.98 Å². The van der Waals surface area contributed by atoms with Gasteiger partial charge in [-0.1, -0.05) is 23.2 Å². The molecule has 0 unspecified atom stereocenters. The molecule has 3 aromatic rings. The molecule has 5 nitrogen and oxygen atoms in total. The summed E-state index contributed by atoms with van der Waals surface area (Å²) in [6.45, 7) is 0. The Morgan fingerprint density at radius 2 is 1.72 bits per heavy atom. The minimum atomic E-state index is -1.12. The van der Waals surface area contributed by atoms with Crippen LogP contribution in [0.1, 0.15) is 16.1 Å². The van der Waals surface area contributed by atoms with E-state index < -0.39 is 5.97 Å². The van der Waals surface area contributed by atoms with Crippen LogP contribution < -0.4 is 4.90 Å². The molecular formula is C18H14Cl2N2O3. The van der Waals surface area contributed by atoms with Gasteiger partial charge in [-0.05, 0) is 42.5 Å². The molecule has 128 valence electrons. The number of carboxylic acid groups (broad SMARTS) is 1. The predicted octanol–water partition coefficient (Wildman–Crippen LogP) is 4.38. The fraction of sp³-hybridized carbons (Fsp3) is 0.111. The van der Waals surface area contributed by atoms with Gasteiger partial charge in [-0.25, -0.2) is 4.79 Å². The average molecular weight is 377 g/mol. The van der Waals surface area contributed by atoms with Crippen molar-refractivity contribution >= 4 is 51.7 Å². The zero-order valence-electron chi connectivity index (χ0n) is 13.2. The third-order valence-corrected chi connectivity index (χ3v) is 4.49. The largest absolute Gasteiger partial charge is 0.477 e. The molecule has 0 saturated heterocycles. The molecule has 2 N–H and O–H groups in total. The van der Waals surface area contributed by atoms with Gasteiger partial charge in [0.1, 0.15) is 5.69 Å². The van der Waals surface area contributed by atoms with Gasteiger partial charge in [-0.3, -0.25) is 4.79 Å². The summed E-state index contributed by atoms with van der Waals surface area (Å²) in [6.07, 6.45) is -0.0684. The van der Waals surface area contributed by atoms with Gasteiger partial charge in [-0.15, -0.1) is 0 Å². The molecule has 0 bridgehead atoms. The second-order valence-corrected chi connectivity index (χ2v) is 6.45. The fourth-order valence-corrected chi connectivity index (χ4v) is 2.96. The van der Waals surface area contributed by atoms with Crippen LogP contribution in [0.25, 0.3) is 10.9 Å². The number of aromatic amines is 1. The number of rotatable bonds is 4. The van der Waals surface area contributed by atoms with Crippen LogP contribution in [0.3, 0.4) is 0 Å². The second-order valence-electron chi connectivity index (χ2n) is 5.58. The number of likely N-dealkylation sites (N-methyl/N-ethyl adjacent to an activating group) is 1. The molecule has 0 atom stereocenters. The van der Waals surface area contributed by atoms with E-state index in [1.807, 2.05) is 0 Å². The van der Waals surface area contributed by atoms with Crippen molar-refractivity contribution in [2.75, 3.05) is 11.9 Å². The molecule has 0 fully saturated rings. The summed E-state index contributed by atoms with van der Waals surface area (Å²) in [5.74, 6) is -1.37. The van der Waals surface area contributed by atoms with E-state index in [4.69, 9.17) is 23.2 Å². The number of carboxylic acids is 1. The lowest BCUT2D eigenvalue weighted by atomic mass is 10.1. The van der Waals surface area contributed by atoms with Gasteiger partial charge in [-0.2, -0.15) is 0 Å². The maximum atomic E-state index is 12.7. The quantitative estimate of drug-likeness (QED) is 0.709. The van der Waals surface area contributed by atoms with Crippen molar-refractivity contribution in [3.63, 3.8) is 0 Å². The molecular weight excluding hydrogens is 363 g/mol. The van der Waals surface area contributed by atoms with Crippen molar-refractivity contribution in [2.24, 2.45) is 0 Å². The van der Waals surface area contributed by atoms with Crippen LogP contribution in [0.4, 0.5) is 5.69 Å². The number of aromatic carboxylic acids is 1. The van der Waals surface area contributed by atoms with Gasteiger partial charge in [0.15, 0.2) is 0 Å². The lowest BCUT2D eigenvalue weighted by Crippen LogP contribution is -2.28. The first-order chi connectivity index (χ1) is 11.9. The topological polar surface area (TPSA) is 73.4 Å². The van der Waals surface area contributed by atoms with Gasteiger partial charge in [0.2, 0.25) is 5.91 Å². The monoisotopic (exact) mass is 376 g/mol. The highest BCUT2D eigenvalue weighted by atomic mass is 35.5. The predicted molar refractivity (Wildman–Crippen MR) is 98.8 cm³/mol. The molecule has 0 saturated carbocycles. The summed E-state index contributed by atoms with van der Waals surface area (Å²) in [5, 5.41) is 11.1. The number of carbonyl (C=O) groups excluding carboxylic acids is 1. The number of hydrogen-bond acceptors (Lipinski definition) is 2. The van der Waals surface area contributed by atoms with Gasteiger partial charge in [0.25, 0.3) is 0 Å². The number of anilines is 1. The fourth-order valence-electron chi connectivity index (χ4n) is 2.66. The SMILES string of the molecule is CN(C(=O)Cc1c(C(=O)O)[nH]c2ccc(Cl)cc12)c1ccc(Cl)cc1. The van der Waals surface area contributed by atoms with E-state index >= 15 is 0 Å². The molecule has 0 aliphatic rings. The Morgan fingerprint density at radius 3 is 2.36 bits per heavy atom. The van der Waals surface area contributed by atoms with Crippen LogP contribution >= 0.6 is 23.2 Å². The average Bonchev–Trinajstić information content (AvgIpc) is 2.93. The van der Waals surface area contributed by atoms with Crippen LogP contribution in [-0.2, 0) is 11.2 Å². The van der Waals surface area contributed by atoms with E-state index in [2.05, 4.69) is 4.98 Å². The summed E-state index contributed by atoms with van der Waals surface area (Å²) in [4.78, 5) is 28.5. The Balaban J connectivity index is 1.97. The minimum absolute atomic E-state index is 0.00452. The van der Waals surface area contributed by atoms with E-state index in [-0.39, 0.29) is 18.0 Å². The highest BCUT2D eigenvalue weighted by Crippen LogP contribution is 2.27. The zero-order chi connectivity index (χ0) is 18.1. The molecule has 1 amide bonds. The van der Waals surface area contributed by atoms with Crippen LogP contribution in [0.15, 0.2) is 42.5 Å². The molecule has 1 aromatic heterocycles. The van der Waals surface area contributed by atoms with Crippen LogP contribution in [0.5, 0.6) is 0 Å². The molecule has 2 aromatic carbocycles. The third kappa shape index (κ3) is 3.48. The Kier molecular flexibility index (Phi) is 4.70. The first-order valence-corrected chi connectivity index (χ1v) is 8.18. The number of nitrogens with zero attached hydrogens (tertiary/aromatic N) is 1. The molecule has 7 heteroatoms. The molecule has 0 aliphatic carbocycles. The Morgan fingerprint density at radius 1 is 1.08 bits per heavy atom. The van der Waals surface area contributed by atoms with E-state index in [1.165, 1.54) is 4.90 Å². The van der Waals surface area contributed by atoms with Gasteiger partial charge in [0.05, 0.1) is 6.42 Å². The Labute approximate surface area is 153 Å².